The van der Waals surface area contributed by atoms with Crippen LogP contribution in [0.15, 0.2) is 60.7 Å². The molecule has 3 heteroatoms. The van der Waals surface area contributed by atoms with Crippen LogP contribution in [0.1, 0.15) is 11.1 Å². The van der Waals surface area contributed by atoms with Crippen LogP contribution in [-0.2, 0) is 4.87 Å². The minimum absolute atomic E-state index is 0.266. The van der Waals surface area contributed by atoms with Gasteiger partial charge in [-0.3, -0.25) is 4.90 Å². The molecule has 2 aromatic rings. The number of hydrogen-bond acceptors (Lipinski definition) is 3. The Hall–Kier alpha value is -1.34. The first-order chi connectivity index (χ1) is 11.3. The van der Waals surface area contributed by atoms with Crippen LogP contribution in [0.3, 0.4) is 0 Å². The molecule has 1 atom stereocenters. The van der Waals surface area contributed by atoms with Crippen molar-refractivity contribution in [2.75, 3.05) is 30.9 Å². The van der Waals surface area contributed by atoms with Crippen molar-refractivity contribution in [3.05, 3.63) is 71.8 Å². The van der Waals surface area contributed by atoms with Crippen molar-refractivity contribution in [2.45, 2.75) is 4.87 Å². The van der Waals surface area contributed by atoms with Crippen molar-refractivity contribution in [1.29, 1.82) is 0 Å². The maximum Gasteiger partial charge on any atom is 0.155 e. The fraction of sp³-hybridized carbons (Fsp3) is 0.300. The molecule has 0 aromatic heterocycles. The standard InChI is InChI=1S/C20H21NS2/c1-22-20(19-10-6-3-7-11-19,21-14-16-23-17-15-21)13-12-18-8-4-2-5-9-18/h2-11H,14-17H2,1H3. The van der Waals surface area contributed by atoms with E-state index in [0.717, 1.165) is 18.7 Å². The first-order valence-electron chi connectivity index (χ1n) is 7.87. The van der Waals surface area contributed by atoms with Crippen LogP contribution in [-0.4, -0.2) is 35.8 Å². The predicted molar refractivity (Wildman–Crippen MR) is 104 cm³/mol. The van der Waals surface area contributed by atoms with Crippen molar-refractivity contribution in [1.82, 2.24) is 4.90 Å². The van der Waals surface area contributed by atoms with Crippen LogP contribution in [0.25, 0.3) is 0 Å². The van der Waals surface area contributed by atoms with Crippen LogP contribution in [0.2, 0.25) is 0 Å². The molecule has 1 aliphatic rings. The number of thioether (sulfide) groups is 2. The quantitative estimate of drug-likeness (QED) is 0.768. The van der Waals surface area contributed by atoms with E-state index in [1.807, 2.05) is 41.7 Å². The summed E-state index contributed by atoms with van der Waals surface area (Å²) in [5.74, 6) is 9.39. The zero-order valence-corrected chi connectivity index (χ0v) is 15.0. The molecule has 0 radical (unpaired) electrons. The molecular formula is C20H21NS2. The number of rotatable bonds is 3. The maximum atomic E-state index is 3.61. The van der Waals surface area contributed by atoms with E-state index in [1.165, 1.54) is 17.1 Å². The predicted octanol–water partition coefficient (Wildman–Crippen LogP) is 4.30. The Bertz CT molecular complexity index is 669. The summed E-state index contributed by atoms with van der Waals surface area (Å²) in [5, 5.41) is 0. The third-order valence-corrected chi connectivity index (χ3v) is 6.20. The zero-order valence-electron chi connectivity index (χ0n) is 13.4. The van der Waals surface area contributed by atoms with Crippen LogP contribution in [0, 0.1) is 11.8 Å². The summed E-state index contributed by atoms with van der Waals surface area (Å²) in [7, 11) is 0. The van der Waals surface area contributed by atoms with Crippen molar-refractivity contribution in [3.63, 3.8) is 0 Å². The van der Waals surface area contributed by atoms with Gasteiger partial charge in [0.15, 0.2) is 4.87 Å². The lowest BCUT2D eigenvalue weighted by molar-refractivity contribution is 0.235. The fourth-order valence-electron chi connectivity index (χ4n) is 2.85. The number of nitrogens with zero attached hydrogens (tertiary/aromatic N) is 1. The van der Waals surface area contributed by atoms with Crippen LogP contribution >= 0.6 is 23.5 Å². The van der Waals surface area contributed by atoms with Crippen LogP contribution in [0.5, 0.6) is 0 Å². The van der Waals surface area contributed by atoms with E-state index in [1.54, 1.807) is 0 Å². The average Bonchev–Trinajstić information content (AvgIpc) is 2.65. The van der Waals surface area contributed by atoms with Gasteiger partial charge in [0.2, 0.25) is 0 Å². The minimum Gasteiger partial charge on any atom is -0.273 e. The van der Waals surface area contributed by atoms with Gasteiger partial charge in [0.05, 0.1) is 0 Å². The first kappa shape index (κ1) is 16.5. The Morgan fingerprint density at radius 2 is 1.57 bits per heavy atom. The summed E-state index contributed by atoms with van der Waals surface area (Å²) < 4.78 is 0. The molecule has 23 heavy (non-hydrogen) atoms. The topological polar surface area (TPSA) is 3.24 Å². The highest BCUT2D eigenvalue weighted by Crippen LogP contribution is 2.39. The van der Waals surface area contributed by atoms with E-state index < -0.39 is 0 Å². The molecule has 118 valence electrons. The van der Waals surface area contributed by atoms with Gasteiger partial charge in [-0.1, -0.05) is 60.4 Å². The molecule has 1 aliphatic heterocycles. The number of hydrogen-bond donors (Lipinski definition) is 0. The molecule has 3 rings (SSSR count). The van der Waals surface area contributed by atoms with Gasteiger partial charge in [-0.2, -0.15) is 11.8 Å². The lowest BCUT2D eigenvalue weighted by atomic mass is 10.0. The molecule has 2 aromatic carbocycles. The highest BCUT2D eigenvalue weighted by Gasteiger charge is 2.37. The zero-order chi connectivity index (χ0) is 16.0. The second kappa shape index (κ2) is 7.97. The lowest BCUT2D eigenvalue weighted by Crippen LogP contribution is -2.47. The van der Waals surface area contributed by atoms with E-state index in [-0.39, 0.29) is 4.87 Å². The van der Waals surface area contributed by atoms with Gasteiger partial charge in [-0.25, -0.2) is 0 Å². The Kier molecular flexibility index (Phi) is 5.72. The fourth-order valence-corrected chi connectivity index (χ4v) is 4.72. The van der Waals surface area contributed by atoms with Gasteiger partial charge in [-0.05, 0) is 24.0 Å². The van der Waals surface area contributed by atoms with E-state index >= 15 is 0 Å². The van der Waals surface area contributed by atoms with Crippen molar-refractivity contribution < 1.29 is 0 Å². The van der Waals surface area contributed by atoms with E-state index in [2.05, 4.69) is 65.5 Å². The third kappa shape index (κ3) is 3.77. The van der Waals surface area contributed by atoms with Gasteiger partial charge < -0.3 is 0 Å². The highest BCUT2D eigenvalue weighted by atomic mass is 32.2. The SMILES string of the molecule is CSC(C#Cc1ccccc1)(c1ccccc1)N1CCSCC1. The van der Waals surface area contributed by atoms with E-state index in [9.17, 15) is 0 Å². The lowest BCUT2D eigenvalue weighted by Gasteiger charge is -2.41. The van der Waals surface area contributed by atoms with Gasteiger partial charge in [-0.15, -0.1) is 11.8 Å². The molecule has 0 saturated carbocycles. The Labute approximate surface area is 147 Å². The Morgan fingerprint density at radius 1 is 0.957 bits per heavy atom. The largest absolute Gasteiger partial charge is 0.273 e. The molecule has 0 amide bonds. The summed E-state index contributed by atoms with van der Waals surface area (Å²) >= 11 is 3.88. The van der Waals surface area contributed by atoms with Crippen molar-refractivity contribution in [3.8, 4) is 11.8 Å². The second-order valence-electron chi connectivity index (χ2n) is 5.43. The van der Waals surface area contributed by atoms with Crippen molar-refractivity contribution in [2.24, 2.45) is 0 Å². The Balaban J connectivity index is 2.03. The smallest absolute Gasteiger partial charge is 0.155 e. The van der Waals surface area contributed by atoms with Crippen LogP contribution in [0.4, 0.5) is 0 Å². The van der Waals surface area contributed by atoms with Crippen LogP contribution < -0.4 is 0 Å². The molecule has 1 unspecified atom stereocenters. The average molecular weight is 340 g/mol. The maximum absolute atomic E-state index is 3.61. The Morgan fingerprint density at radius 3 is 2.17 bits per heavy atom. The molecule has 0 N–H and O–H groups in total. The highest BCUT2D eigenvalue weighted by molar-refractivity contribution is 8.00. The summed E-state index contributed by atoms with van der Waals surface area (Å²) in [6, 6.07) is 21.0. The summed E-state index contributed by atoms with van der Waals surface area (Å²) in [6.07, 6.45) is 2.18. The molecule has 0 bridgehead atoms. The molecule has 1 fully saturated rings. The molecule has 0 aliphatic carbocycles. The van der Waals surface area contributed by atoms with Gasteiger partial charge in [0.1, 0.15) is 0 Å². The van der Waals surface area contributed by atoms with Gasteiger partial charge in [0.25, 0.3) is 0 Å². The van der Waals surface area contributed by atoms with Gasteiger partial charge >= 0.3 is 0 Å². The molecule has 1 nitrogen and oxygen atoms in total. The first-order valence-corrected chi connectivity index (χ1v) is 10.2. The van der Waals surface area contributed by atoms with Crippen molar-refractivity contribution >= 4 is 23.5 Å². The minimum atomic E-state index is -0.266. The summed E-state index contributed by atoms with van der Waals surface area (Å²) in [6.45, 7) is 2.17. The van der Waals surface area contributed by atoms with E-state index in [4.69, 9.17) is 0 Å². The van der Waals surface area contributed by atoms with Gasteiger partial charge in [0, 0.05) is 30.2 Å². The molecule has 1 heterocycles. The summed E-state index contributed by atoms with van der Waals surface area (Å²) in [5.41, 5.74) is 2.36. The van der Waals surface area contributed by atoms with E-state index in [0.29, 0.717) is 0 Å². The number of benzene rings is 2. The molecule has 0 spiro atoms. The normalized spacial score (nSPS) is 17.8. The second-order valence-corrected chi connectivity index (χ2v) is 7.65. The summed E-state index contributed by atoms with van der Waals surface area (Å²) in [4.78, 5) is 2.28. The molecular weight excluding hydrogens is 318 g/mol. The third-order valence-electron chi connectivity index (χ3n) is 4.07. The monoisotopic (exact) mass is 339 g/mol. The molecule has 1 saturated heterocycles.